The number of halogens is 4. The zero-order valence-corrected chi connectivity index (χ0v) is 14.6. The number of hydrogen-bond acceptors (Lipinski definition) is 2. The van der Waals surface area contributed by atoms with E-state index in [0.717, 1.165) is 25.0 Å². The van der Waals surface area contributed by atoms with Gasteiger partial charge in [-0.15, -0.1) is 11.6 Å². The van der Waals surface area contributed by atoms with E-state index in [1.165, 1.54) is 18.2 Å². The Hall–Kier alpha value is -1.88. The van der Waals surface area contributed by atoms with E-state index in [1.807, 2.05) is 6.92 Å². The fourth-order valence-electron chi connectivity index (χ4n) is 2.50. The number of phenols is 1. The largest absolute Gasteiger partial charge is 0.508 e. The molecular weight excluding hydrogens is 353 g/mol. The molecule has 2 aromatic carbocycles. The lowest BCUT2D eigenvalue weighted by molar-refractivity contribution is -0.137. The molecule has 0 atom stereocenters. The predicted octanol–water partition coefficient (Wildman–Crippen LogP) is 6.04. The minimum Gasteiger partial charge on any atom is -0.508 e. The Balaban J connectivity index is 2.47. The summed E-state index contributed by atoms with van der Waals surface area (Å²) in [6.07, 6.45) is -2.20. The van der Waals surface area contributed by atoms with E-state index in [-0.39, 0.29) is 11.6 Å². The molecule has 2 rings (SSSR count). The SMILES string of the molecule is CCCCOc1cc(O)cc(-c2cc(C(F)(F)F)ccc2CCCl)c1. The van der Waals surface area contributed by atoms with Gasteiger partial charge in [-0.1, -0.05) is 19.4 Å². The molecule has 25 heavy (non-hydrogen) atoms. The Kier molecular flexibility index (Phi) is 6.59. The number of hydrogen-bond donors (Lipinski definition) is 1. The first kappa shape index (κ1) is 19.4. The standard InChI is InChI=1S/C19H20ClF3O2/c1-2-3-8-25-17-10-14(9-16(24)12-17)18-11-15(19(21,22)23)5-4-13(18)6-7-20/h4-5,9-12,24H,2-3,6-8H2,1H3. The Morgan fingerprint density at radius 2 is 1.88 bits per heavy atom. The van der Waals surface area contributed by atoms with Crippen LogP contribution in [0, 0.1) is 0 Å². The molecule has 0 heterocycles. The molecule has 2 aromatic rings. The van der Waals surface area contributed by atoms with Gasteiger partial charge in [0.05, 0.1) is 12.2 Å². The van der Waals surface area contributed by atoms with Gasteiger partial charge in [0.15, 0.2) is 0 Å². The number of rotatable bonds is 7. The van der Waals surface area contributed by atoms with Gasteiger partial charge in [0, 0.05) is 11.9 Å². The average Bonchev–Trinajstić information content (AvgIpc) is 2.54. The van der Waals surface area contributed by atoms with E-state index in [4.69, 9.17) is 16.3 Å². The van der Waals surface area contributed by atoms with Crippen molar-refractivity contribution in [2.24, 2.45) is 0 Å². The third-order valence-corrected chi connectivity index (χ3v) is 3.96. The van der Waals surface area contributed by atoms with Crippen molar-refractivity contribution in [3.05, 3.63) is 47.5 Å². The maximum atomic E-state index is 13.1. The second kappa shape index (κ2) is 8.48. The van der Waals surface area contributed by atoms with Crippen LogP contribution in [0.5, 0.6) is 11.5 Å². The van der Waals surface area contributed by atoms with Gasteiger partial charge in [-0.05, 0) is 53.8 Å². The molecule has 2 nitrogen and oxygen atoms in total. The van der Waals surface area contributed by atoms with Gasteiger partial charge in [0.1, 0.15) is 11.5 Å². The van der Waals surface area contributed by atoms with Crippen LogP contribution in [-0.4, -0.2) is 17.6 Å². The van der Waals surface area contributed by atoms with Crippen LogP contribution < -0.4 is 4.74 Å². The van der Waals surface area contributed by atoms with E-state index in [9.17, 15) is 18.3 Å². The van der Waals surface area contributed by atoms with E-state index in [0.29, 0.717) is 35.5 Å². The molecule has 0 aliphatic heterocycles. The maximum absolute atomic E-state index is 13.1. The lowest BCUT2D eigenvalue weighted by Gasteiger charge is -2.15. The number of phenolic OH excluding ortho intramolecular Hbond substituents is 1. The fourth-order valence-corrected chi connectivity index (χ4v) is 2.70. The van der Waals surface area contributed by atoms with Crippen LogP contribution in [0.2, 0.25) is 0 Å². The molecule has 0 spiro atoms. The summed E-state index contributed by atoms with van der Waals surface area (Å²) in [7, 11) is 0. The highest BCUT2D eigenvalue weighted by molar-refractivity contribution is 6.18. The molecule has 0 amide bonds. The smallest absolute Gasteiger partial charge is 0.416 e. The second-order valence-electron chi connectivity index (χ2n) is 5.73. The zero-order chi connectivity index (χ0) is 18.4. The number of aryl methyl sites for hydroxylation is 1. The van der Waals surface area contributed by atoms with Gasteiger partial charge >= 0.3 is 6.18 Å². The number of unbranched alkanes of at least 4 members (excludes halogenated alkanes) is 1. The predicted molar refractivity (Wildman–Crippen MR) is 93.4 cm³/mol. The van der Waals surface area contributed by atoms with Gasteiger partial charge in [-0.3, -0.25) is 0 Å². The zero-order valence-electron chi connectivity index (χ0n) is 13.9. The first-order chi connectivity index (χ1) is 11.8. The number of ether oxygens (including phenoxy) is 1. The molecule has 0 saturated carbocycles. The van der Waals surface area contributed by atoms with Crippen LogP contribution in [0.3, 0.4) is 0 Å². The summed E-state index contributed by atoms with van der Waals surface area (Å²) in [6, 6.07) is 8.10. The van der Waals surface area contributed by atoms with Crippen molar-refractivity contribution >= 4 is 11.6 Å². The molecule has 1 N–H and O–H groups in total. The Bertz CT molecular complexity index is 714. The van der Waals surface area contributed by atoms with Gasteiger partial charge in [-0.2, -0.15) is 13.2 Å². The molecule has 0 bridgehead atoms. The quantitative estimate of drug-likeness (QED) is 0.474. The van der Waals surface area contributed by atoms with Crippen molar-refractivity contribution in [1.82, 2.24) is 0 Å². The van der Waals surface area contributed by atoms with Gasteiger partial charge in [0.25, 0.3) is 0 Å². The maximum Gasteiger partial charge on any atom is 0.416 e. The summed E-state index contributed by atoms with van der Waals surface area (Å²) in [5.41, 5.74) is 0.815. The van der Waals surface area contributed by atoms with E-state index in [2.05, 4.69) is 0 Å². The summed E-state index contributed by atoms with van der Waals surface area (Å²) in [4.78, 5) is 0. The minimum atomic E-state index is -4.44. The number of alkyl halides is 4. The highest BCUT2D eigenvalue weighted by atomic mass is 35.5. The molecule has 0 unspecified atom stereocenters. The van der Waals surface area contributed by atoms with Crippen molar-refractivity contribution < 1.29 is 23.0 Å². The van der Waals surface area contributed by atoms with Crippen LogP contribution >= 0.6 is 11.6 Å². The van der Waals surface area contributed by atoms with Crippen molar-refractivity contribution in [3.63, 3.8) is 0 Å². The molecule has 0 aromatic heterocycles. The van der Waals surface area contributed by atoms with Crippen molar-refractivity contribution in [1.29, 1.82) is 0 Å². The minimum absolute atomic E-state index is 0.0572. The Morgan fingerprint density at radius 3 is 2.52 bits per heavy atom. The van der Waals surface area contributed by atoms with Crippen molar-refractivity contribution in [3.8, 4) is 22.6 Å². The Morgan fingerprint density at radius 1 is 1.12 bits per heavy atom. The molecular formula is C19H20ClF3O2. The van der Waals surface area contributed by atoms with Gasteiger partial charge < -0.3 is 9.84 Å². The molecule has 6 heteroatoms. The van der Waals surface area contributed by atoms with Crippen molar-refractivity contribution in [2.75, 3.05) is 12.5 Å². The molecule has 136 valence electrons. The van der Waals surface area contributed by atoms with Crippen LogP contribution in [0.25, 0.3) is 11.1 Å². The van der Waals surface area contributed by atoms with Crippen LogP contribution in [-0.2, 0) is 12.6 Å². The first-order valence-electron chi connectivity index (χ1n) is 8.08. The molecule has 0 saturated heterocycles. The summed E-state index contributed by atoms with van der Waals surface area (Å²) in [5.74, 6) is 0.660. The Labute approximate surface area is 150 Å². The molecule has 0 fully saturated rings. The molecule has 0 radical (unpaired) electrons. The highest BCUT2D eigenvalue weighted by Gasteiger charge is 2.31. The summed E-state index contributed by atoms with van der Waals surface area (Å²) in [6.45, 7) is 2.51. The average molecular weight is 373 g/mol. The van der Waals surface area contributed by atoms with Crippen LogP contribution in [0.4, 0.5) is 13.2 Å². The third kappa shape index (κ3) is 5.30. The topological polar surface area (TPSA) is 29.5 Å². The summed E-state index contributed by atoms with van der Waals surface area (Å²) >= 11 is 5.78. The highest BCUT2D eigenvalue weighted by Crippen LogP contribution is 2.36. The monoisotopic (exact) mass is 372 g/mol. The lowest BCUT2D eigenvalue weighted by atomic mass is 9.95. The van der Waals surface area contributed by atoms with Crippen LogP contribution in [0.15, 0.2) is 36.4 Å². The van der Waals surface area contributed by atoms with Crippen LogP contribution in [0.1, 0.15) is 30.9 Å². The summed E-state index contributed by atoms with van der Waals surface area (Å²) in [5, 5.41) is 9.93. The molecule has 0 aliphatic carbocycles. The third-order valence-electron chi connectivity index (χ3n) is 3.77. The lowest BCUT2D eigenvalue weighted by Crippen LogP contribution is -2.06. The summed E-state index contributed by atoms with van der Waals surface area (Å²) < 4.78 is 44.8. The second-order valence-corrected chi connectivity index (χ2v) is 6.10. The van der Waals surface area contributed by atoms with Gasteiger partial charge in [-0.25, -0.2) is 0 Å². The van der Waals surface area contributed by atoms with E-state index < -0.39 is 11.7 Å². The van der Waals surface area contributed by atoms with E-state index in [1.54, 1.807) is 6.07 Å². The number of benzene rings is 2. The van der Waals surface area contributed by atoms with Gasteiger partial charge in [0.2, 0.25) is 0 Å². The van der Waals surface area contributed by atoms with E-state index >= 15 is 0 Å². The first-order valence-corrected chi connectivity index (χ1v) is 8.62. The molecule has 0 aliphatic rings. The van der Waals surface area contributed by atoms with Crippen molar-refractivity contribution in [2.45, 2.75) is 32.4 Å². The normalized spacial score (nSPS) is 11.6. The number of aromatic hydroxyl groups is 1. The fraction of sp³-hybridized carbons (Fsp3) is 0.368.